The number of ether oxygens (including phenoxy) is 1. The van der Waals surface area contributed by atoms with Crippen LogP contribution in [0.25, 0.3) is 10.8 Å². The van der Waals surface area contributed by atoms with Gasteiger partial charge in [-0.25, -0.2) is 4.79 Å². The van der Waals surface area contributed by atoms with Crippen LogP contribution in [0.1, 0.15) is 10.4 Å². The van der Waals surface area contributed by atoms with Gasteiger partial charge in [-0.1, -0.05) is 40.2 Å². The van der Waals surface area contributed by atoms with Gasteiger partial charge in [0.1, 0.15) is 11.5 Å². The van der Waals surface area contributed by atoms with Gasteiger partial charge >= 0.3 is 5.97 Å². The molecule has 0 amide bonds. The van der Waals surface area contributed by atoms with Gasteiger partial charge in [0.25, 0.3) is 0 Å². The lowest BCUT2D eigenvalue weighted by atomic mass is 10.0. The molecule has 21 heavy (non-hydrogen) atoms. The molecule has 0 aliphatic heterocycles. The van der Waals surface area contributed by atoms with Crippen LogP contribution in [0.4, 0.5) is 0 Å². The van der Waals surface area contributed by atoms with E-state index < -0.39 is 5.97 Å². The van der Waals surface area contributed by atoms with E-state index in [4.69, 9.17) is 4.74 Å². The fourth-order valence-corrected chi connectivity index (χ4v) is 2.44. The maximum atomic E-state index is 11.3. The number of carboxylic acids is 1. The third kappa shape index (κ3) is 2.76. The molecule has 0 heterocycles. The molecular formula is C17H11BrO3. The molecule has 3 rings (SSSR count). The number of halogens is 1. The Bertz CT molecular complexity index is 810. The van der Waals surface area contributed by atoms with Crippen molar-refractivity contribution in [3.05, 3.63) is 70.7 Å². The predicted octanol–water partition coefficient (Wildman–Crippen LogP) is 5.09. The summed E-state index contributed by atoms with van der Waals surface area (Å²) >= 11 is 3.38. The standard InChI is InChI=1S/C17H11BrO3/c18-11-5-7-12(8-6-11)21-16-10-9-15(17(19)20)13-3-1-2-4-14(13)16/h1-10H,(H,19,20). The highest BCUT2D eigenvalue weighted by Crippen LogP contribution is 2.32. The van der Waals surface area contributed by atoms with Crippen LogP contribution < -0.4 is 4.74 Å². The Morgan fingerprint density at radius 3 is 2.24 bits per heavy atom. The first-order valence-electron chi connectivity index (χ1n) is 6.33. The summed E-state index contributed by atoms with van der Waals surface area (Å²) in [5.74, 6) is 0.394. The van der Waals surface area contributed by atoms with Crippen LogP contribution in [0.15, 0.2) is 65.1 Å². The van der Waals surface area contributed by atoms with E-state index in [2.05, 4.69) is 15.9 Å². The Labute approximate surface area is 129 Å². The molecule has 0 saturated carbocycles. The molecule has 0 radical (unpaired) electrons. The molecular weight excluding hydrogens is 332 g/mol. The number of carboxylic acid groups (broad SMARTS) is 1. The minimum atomic E-state index is -0.943. The summed E-state index contributed by atoms with van der Waals surface area (Å²) in [7, 11) is 0. The van der Waals surface area contributed by atoms with Crippen LogP contribution >= 0.6 is 15.9 Å². The lowest BCUT2D eigenvalue weighted by Gasteiger charge is -2.10. The second kappa shape index (κ2) is 5.58. The molecule has 0 spiro atoms. The lowest BCUT2D eigenvalue weighted by Crippen LogP contribution is -1.98. The topological polar surface area (TPSA) is 46.5 Å². The van der Waals surface area contributed by atoms with Crippen LogP contribution in [0.3, 0.4) is 0 Å². The zero-order valence-electron chi connectivity index (χ0n) is 10.9. The van der Waals surface area contributed by atoms with Crippen molar-refractivity contribution < 1.29 is 14.6 Å². The average molecular weight is 343 g/mol. The highest BCUT2D eigenvalue weighted by molar-refractivity contribution is 9.10. The van der Waals surface area contributed by atoms with Gasteiger partial charge < -0.3 is 9.84 Å². The van der Waals surface area contributed by atoms with Crippen LogP contribution in [-0.2, 0) is 0 Å². The predicted molar refractivity (Wildman–Crippen MR) is 85.1 cm³/mol. The number of carbonyl (C=O) groups is 1. The highest BCUT2D eigenvalue weighted by Gasteiger charge is 2.12. The molecule has 0 saturated heterocycles. The van der Waals surface area contributed by atoms with Crippen molar-refractivity contribution in [2.24, 2.45) is 0 Å². The third-order valence-corrected chi connectivity index (χ3v) is 3.68. The SMILES string of the molecule is O=C(O)c1ccc(Oc2ccc(Br)cc2)c2ccccc12. The maximum Gasteiger partial charge on any atom is 0.336 e. The zero-order chi connectivity index (χ0) is 14.8. The minimum Gasteiger partial charge on any atom is -0.478 e. The maximum absolute atomic E-state index is 11.3. The molecule has 0 atom stereocenters. The summed E-state index contributed by atoms with van der Waals surface area (Å²) in [5.41, 5.74) is 0.272. The van der Waals surface area contributed by atoms with E-state index in [1.807, 2.05) is 42.5 Å². The van der Waals surface area contributed by atoms with Crippen molar-refractivity contribution in [2.75, 3.05) is 0 Å². The number of fused-ring (bicyclic) bond motifs is 1. The Balaban J connectivity index is 2.09. The Hall–Kier alpha value is -2.33. The molecule has 0 unspecified atom stereocenters. The average Bonchev–Trinajstić information content (AvgIpc) is 2.49. The minimum absolute atomic E-state index is 0.272. The van der Waals surface area contributed by atoms with E-state index in [1.54, 1.807) is 18.2 Å². The van der Waals surface area contributed by atoms with Crippen molar-refractivity contribution in [3.8, 4) is 11.5 Å². The normalized spacial score (nSPS) is 10.5. The summed E-state index contributed by atoms with van der Waals surface area (Å²) in [5, 5.41) is 10.7. The summed E-state index contributed by atoms with van der Waals surface area (Å²) in [6, 6.07) is 18.1. The summed E-state index contributed by atoms with van der Waals surface area (Å²) in [6.07, 6.45) is 0. The number of hydrogen-bond donors (Lipinski definition) is 1. The van der Waals surface area contributed by atoms with E-state index in [1.165, 1.54) is 0 Å². The van der Waals surface area contributed by atoms with Crippen molar-refractivity contribution in [3.63, 3.8) is 0 Å². The lowest BCUT2D eigenvalue weighted by molar-refractivity contribution is 0.0699. The molecule has 0 aliphatic rings. The van der Waals surface area contributed by atoms with Gasteiger partial charge in [-0.05, 0) is 41.8 Å². The molecule has 104 valence electrons. The monoisotopic (exact) mass is 342 g/mol. The Morgan fingerprint density at radius 2 is 1.57 bits per heavy atom. The number of rotatable bonds is 3. The molecule has 0 aromatic heterocycles. The van der Waals surface area contributed by atoms with E-state index in [0.29, 0.717) is 16.9 Å². The molecule has 3 nitrogen and oxygen atoms in total. The summed E-state index contributed by atoms with van der Waals surface area (Å²) in [6.45, 7) is 0. The first kappa shape index (κ1) is 13.6. The van der Waals surface area contributed by atoms with E-state index in [9.17, 15) is 9.90 Å². The smallest absolute Gasteiger partial charge is 0.336 e. The van der Waals surface area contributed by atoms with Crippen LogP contribution in [0.5, 0.6) is 11.5 Å². The second-order valence-corrected chi connectivity index (χ2v) is 5.43. The fraction of sp³-hybridized carbons (Fsp3) is 0. The molecule has 3 aromatic carbocycles. The van der Waals surface area contributed by atoms with Crippen molar-refractivity contribution >= 4 is 32.7 Å². The van der Waals surface area contributed by atoms with Gasteiger partial charge in [0.15, 0.2) is 0 Å². The largest absolute Gasteiger partial charge is 0.478 e. The van der Waals surface area contributed by atoms with Gasteiger partial charge in [-0.3, -0.25) is 0 Å². The number of aromatic carboxylic acids is 1. The van der Waals surface area contributed by atoms with Crippen molar-refractivity contribution in [1.29, 1.82) is 0 Å². The second-order valence-electron chi connectivity index (χ2n) is 4.52. The molecule has 3 aromatic rings. The highest BCUT2D eigenvalue weighted by atomic mass is 79.9. The van der Waals surface area contributed by atoms with E-state index in [-0.39, 0.29) is 5.56 Å². The Morgan fingerprint density at radius 1 is 0.905 bits per heavy atom. The molecule has 0 bridgehead atoms. The van der Waals surface area contributed by atoms with Crippen molar-refractivity contribution in [1.82, 2.24) is 0 Å². The van der Waals surface area contributed by atoms with Gasteiger partial charge in [0, 0.05) is 9.86 Å². The van der Waals surface area contributed by atoms with E-state index in [0.717, 1.165) is 9.86 Å². The molecule has 1 N–H and O–H groups in total. The summed E-state index contributed by atoms with van der Waals surface area (Å²) in [4.78, 5) is 11.3. The van der Waals surface area contributed by atoms with Gasteiger partial charge in [-0.15, -0.1) is 0 Å². The van der Waals surface area contributed by atoms with Crippen LogP contribution in [0, 0.1) is 0 Å². The van der Waals surface area contributed by atoms with Gasteiger partial charge in [0.05, 0.1) is 5.56 Å². The Kier molecular flexibility index (Phi) is 3.62. The van der Waals surface area contributed by atoms with Gasteiger partial charge in [0.2, 0.25) is 0 Å². The number of benzene rings is 3. The summed E-state index contributed by atoms with van der Waals surface area (Å²) < 4.78 is 6.84. The third-order valence-electron chi connectivity index (χ3n) is 3.16. The first-order valence-corrected chi connectivity index (χ1v) is 7.13. The van der Waals surface area contributed by atoms with Crippen molar-refractivity contribution in [2.45, 2.75) is 0 Å². The molecule has 0 aliphatic carbocycles. The van der Waals surface area contributed by atoms with Crippen LogP contribution in [-0.4, -0.2) is 11.1 Å². The number of hydrogen-bond acceptors (Lipinski definition) is 2. The van der Waals surface area contributed by atoms with Crippen LogP contribution in [0.2, 0.25) is 0 Å². The molecule has 0 fully saturated rings. The quantitative estimate of drug-likeness (QED) is 0.720. The first-order chi connectivity index (χ1) is 10.1. The fourth-order valence-electron chi connectivity index (χ4n) is 2.18. The zero-order valence-corrected chi connectivity index (χ0v) is 12.5. The molecule has 4 heteroatoms. The van der Waals surface area contributed by atoms with Gasteiger partial charge in [-0.2, -0.15) is 0 Å². The van der Waals surface area contributed by atoms with E-state index >= 15 is 0 Å².